The molecule has 12 aromatic rings. The van der Waals surface area contributed by atoms with Crippen LogP contribution in [-0.2, 0) is 0 Å². The minimum Gasteiger partial charge on any atom is -0.456 e. The third kappa shape index (κ3) is 4.89. The van der Waals surface area contributed by atoms with E-state index in [1.807, 2.05) is 18.2 Å². The number of rotatable bonds is 6. The Hall–Kier alpha value is -7.91. The van der Waals surface area contributed by atoms with Crippen LogP contribution in [-0.4, -0.2) is 17.2 Å². The van der Waals surface area contributed by atoms with Crippen LogP contribution in [0.25, 0.3) is 76.9 Å². The van der Waals surface area contributed by atoms with Crippen molar-refractivity contribution in [3.05, 3.63) is 218 Å². The fourth-order valence-electron chi connectivity index (χ4n) is 9.99. The van der Waals surface area contributed by atoms with Crippen LogP contribution < -0.4 is 20.7 Å². The number of benzene rings is 9. The van der Waals surface area contributed by atoms with E-state index in [1.54, 1.807) is 0 Å². The lowest BCUT2D eigenvalue weighted by Gasteiger charge is -2.35. The summed E-state index contributed by atoms with van der Waals surface area (Å²) in [4.78, 5) is 0. The molecule has 0 aliphatic heterocycles. The van der Waals surface area contributed by atoms with Gasteiger partial charge in [-0.05, 0) is 93.5 Å². The summed E-state index contributed by atoms with van der Waals surface area (Å²) in [5.41, 5.74) is 9.16. The van der Waals surface area contributed by atoms with Gasteiger partial charge in [-0.3, -0.25) is 0 Å². The molecule has 0 aliphatic carbocycles. The van der Waals surface area contributed by atoms with E-state index in [0.717, 1.165) is 66.2 Å². The van der Waals surface area contributed by atoms with E-state index in [-0.39, 0.29) is 0 Å². The normalized spacial score (nSPS) is 12.0. The highest BCUT2D eigenvalue weighted by Gasteiger charge is 2.41. The number of hydrogen-bond donors (Lipinski definition) is 0. The zero-order valence-electron chi connectivity index (χ0n) is 32.5. The summed E-state index contributed by atoms with van der Waals surface area (Å²) in [6.07, 6.45) is 0. The van der Waals surface area contributed by atoms with Gasteiger partial charge in [-0.25, -0.2) is 0 Å². The van der Waals surface area contributed by atoms with Crippen molar-refractivity contribution in [1.82, 2.24) is 9.13 Å². The first-order valence-corrected chi connectivity index (χ1v) is 22.3. The topological polar surface area (TPSA) is 46.8 Å². The third-order valence-electron chi connectivity index (χ3n) is 12.5. The van der Waals surface area contributed by atoms with Gasteiger partial charge in [0, 0.05) is 43.7 Å². The summed E-state index contributed by atoms with van der Waals surface area (Å²) in [5, 5.41) is 21.9. The first-order valence-electron chi connectivity index (χ1n) is 20.3. The third-order valence-corrected chi connectivity index (χ3v) is 17.3. The van der Waals surface area contributed by atoms with E-state index in [4.69, 9.17) is 4.42 Å². The number of para-hydroxylation sites is 3. The summed E-state index contributed by atoms with van der Waals surface area (Å²) in [5.74, 6) is 0. The summed E-state index contributed by atoms with van der Waals surface area (Å²) in [7, 11) is -2.95. The number of nitrogens with zero attached hydrogens (tertiary/aromatic N) is 3. The van der Waals surface area contributed by atoms with Gasteiger partial charge in [-0.2, -0.15) is 5.26 Å². The number of aromatic nitrogens is 2. The summed E-state index contributed by atoms with van der Waals surface area (Å²) in [6.45, 7) is 0. The van der Waals surface area contributed by atoms with Crippen LogP contribution in [0.15, 0.2) is 217 Å². The SMILES string of the molecule is N#Cc1ccc2c(c1)c1ccccc1n2-c1ccc([Si](c2ccccc2)(c2ccccc2)c2cccc(-n3c4ccccc4c4c5c(ccc43)oc3ccccc35)c2)cc1. The molecule has 0 spiro atoms. The standard InChI is InChI=1S/C55H35N3OSi/c56-36-37-26-31-50-47(34-37)44-20-7-10-23-48(44)57(50)38-27-29-42(30-28-38)60(40-15-3-1-4-16-40,41-17-5-2-6-18-41)43-19-13-14-39(35-43)58-49-24-11-8-21-45(49)54-51(58)32-33-53-55(54)46-22-9-12-25-52(46)59-53/h1-35H. The molecule has 0 saturated carbocycles. The maximum atomic E-state index is 9.75. The van der Waals surface area contributed by atoms with Crippen molar-refractivity contribution in [3.8, 4) is 17.4 Å². The van der Waals surface area contributed by atoms with Crippen molar-refractivity contribution in [2.45, 2.75) is 0 Å². The van der Waals surface area contributed by atoms with Gasteiger partial charge >= 0.3 is 0 Å². The molecule has 0 radical (unpaired) electrons. The molecule has 0 aliphatic rings. The Morgan fingerprint density at radius 2 is 0.933 bits per heavy atom. The molecule has 5 heteroatoms. The van der Waals surface area contributed by atoms with E-state index in [0.29, 0.717) is 5.56 Å². The Labute approximate surface area is 347 Å². The second-order valence-corrected chi connectivity index (χ2v) is 19.4. The van der Waals surface area contributed by atoms with Gasteiger partial charge in [-0.15, -0.1) is 0 Å². The Morgan fingerprint density at radius 3 is 1.67 bits per heavy atom. The molecular formula is C55H35N3OSi. The fourth-order valence-corrected chi connectivity index (χ4v) is 14.8. The summed E-state index contributed by atoms with van der Waals surface area (Å²) < 4.78 is 11.2. The summed E-state index contributed by atoms with van der Waals surface area (Å²) >= 11 is 0. The van der Waals surface area contributed by atoms with E-state index < -0.39 is 8.07 Å². The molecule has 0 bridgehead atoms. The minimum atomic E-state index is -2.95. The lowest BCUT2D eigenvalue weighted by Crippen LogP contribution is -2.74. The predicted molar refractivity (Wildman–Crippen MR) is 251 cm³/mol. The second-order valence-electron chi connectivity index (χ2n) is 15.6. The van der Waals surface area contributed by atoms with Crippen molar-refractivity contribution < 1.29 is 4.42 Å². The van der Waals surface area contributed by atoms with Crippen molar-refractivity contribution >= 4 is 94.4 Å². The van der Waals surface area contributed by atoms with Crippen molar-refractivity contribution in [1.29, 1.82) is 5.26 Å². The number of furan rings is 1. The zero-order valence-corrected chi connectivity index (χ0v) is 33.5. The Bertz CT molecular complexity index is 3630. The monoisotopic (exact) mass is 781 g/mol. The molecule has 0 unspecified atom stereocenters. The molecule has 0 fully saturated rings. The Kier molecular flexibility index (Phi) is 7.58. The molecule has 60 heavy (non-hydrogen) atoms. The van der Waals surface area contributed by atoms with Crippen LogP contribution >= 0.6 is 0 Å². The molecule has 3 aromatic heterocycles. The molecule has 9 aromatic carbocycles. The van der Waals surface area contributed by atoms with Crippen molar-refractivity contribution in [3.63, 3.8) is 0 Å². The molecule has 3 heterocycles. The van der Waals surface area contributed by atoms with Gasteiger partial charge in [0.05, 0.1) is 33.7 Å². The van der Waals surface area contributed by atoms with E-state index in [1.165, 1.54) is 31.5 Å². The minimum absolute atomic E-state index is 0.661. The average molecular weight is 782 g/mol. The van der Waals surface area contributed by atoms with Gasteiger partial charge in [0.25, 0.3) is 0 Å². The average Bonchev–Trinajstić information content (AvgIpc) is 3.98. The number of fused-ring (bicyclic) bond motifs is 10. The molecule has 0 amide bonds. The quantitative estimate of drug-likeness (QED) is 0.125. The lowest BCUT2D eigenvalue weighted by molar-refractivity contribution is 0.669. The molecule has 0 N–H and O–H groups in total. The van der Waals surface area contributed by atoms with Crippen molar-refractivity contribution in [2.75, 3.05) is 0 Å². The number of hydrogen-bond acceptors (Lipinski definition) is 2. The molecular weight excluding hydrogens is 747 g/mol. The highest BCUT2D eigenvalue weighted by atomic mass is 28.3. The van der Waals surface area contributed by atoms with Gasteiger partial charge in [0.2, 0.25) is 0 Å². The zero-order chi connectivity index (χ0) is 39.8. The van der Waals surface area contributed by atoms with Crippen LogP contribution in [0.1, 0.15) is 5.56 Å². The maximum Gasteiger partial charge on any atom is 0.179 e. The Morgan fingerprint density at radius 1 is 0.367 bits per heavy atom. The second kappa shape index (κ2) is 13.3. The van der Waals surface area contributed by atoms with Crippen LogP contribution in [0, 0.1) is 11.3 Å². The largest absolute Gasteiger partial charge is 0.456 e. The highest BCUT2D eigenvalue weighted by Crippen LogP contribution is 2.41. The Balaban J connectivity index is 1.11. The molecule has 0 saturated heterocycles. The van der Waals surface area contributed by atoms with Crippen LogP contribution in [0.3, 0.4) is 0 Å². The predicted octanol–water partition coefficient (Wildman–Crippen LogP) is 11.0. The highest BCUT2D eigenvalue weighted by molar-refractivity contribution is 7.19. The number of nitriles is 1. The molecule has 12 rings (SSSR count). The first kappa shape index (κ1) is 34.2. The summed E-state index contributed by atoms with van der Waals surface area (Å²) in [6, 6.07) is 79.1. The van der Waals surface area contributed by atoms with E-state index >= 15 is 0 Å². The van der Waals surface area contributed by atoms with Crippen molar-refractivity contribution in [2.24, 2.45) is 0 Å². The van der Waals surface area contributed by atoms with E-state index in [9.17, 15) is 5.26 Å². The lowest BCUT2D eigenvalue weighted by atomic mass is 10.1. The smallest absolute Gasteiger partial charge is 0.179 e. The van der Waals surface area contributed by atoms with Crippen LogP contribution in [0.5, 0.6) is 0 Å². The maximum absolute atomic E-state index is 9.75. The molecule has 4 nitrogen and oxygen atoms in total. The first-order chi connectivity index (χ1) is 29.7. The van der Waals surface area contributed by atoms with Gasteiger partial charge in [0.15, 0.2) is 8.07 Å². The van der Waals surface area contributed by atoms with Gasteiger partial charge in [0.1, 0.15) is 11.2 Å². The van der Waals surface area contributed by atoms with Gasteiger partial charge in [-0.1, -0.05) is 140 Å². The van der Waals surface area contributed by atoms with Gasteiger partial charge < -0.3 is 13.6 Å². The molecule has 280 valence electrons. The van der Waals surface area contributed by atoms with Crippen LogP contribution in [0.4, 0.5) is 0 Å². The van der Waals surface area contributed by atoms with E-state index in [2.05, 4.69) is 209 Å². The van der Waals surface area contributed by atoms with Crippen LogP contribution in [0.2, 0.25) is 0 Å². The molecule has 0 atom stereocenters. The fraction of sp³-hybridized carbons (Fsp3) is 0.